The first-order valence-corrected chi connectivity index (χ1v) is 6.86. The van der Waals surface area contributed by atoms with Crippen molar-refractivity contribution < 1.29 is 19.1 Å². The molecule has 0 aromatic rings. The van der Waals surface area contributed by atoms with Crippen LogP contribution in [0.4, 0.5) is 0 Å². The predicted molar refractivity (Wildman–Crippen MR) is 67.4 cm³/mol. The van der Waals surface area contributed by atoms with E-state index in [1.165, 1.54) is 35.8 Å². The lowest BCUT2D eigenvalue weighted by molar-refractivity contribution is -0.143. The molecule has 0 amide bonds. The van der Waals surface area contributed by atoms with E-state index in [0.29, 0.717) is 0 Å². The van der Waals surface area contributed by atoms with Gasteiger partial charge in [-0.15, -0.1) is 0 Å². The summed E-state index contributed by atoms with van der Waals surface area (Å²) in [4.78, 5) is 22.8. The molecule has 0 radical (unpaired) electrons. The largest absolute Gasteiger partial charge is 0.468 e. The van der Waals surface area contributed by atoms with Gasteiger partial charge in [-0.25, -0.2) is 0 Å². The molecular weight excluding hydrogens is 248 g/mol. The lowest BCUT2D eigenvalue weighted by Gasteiger charge is -2.26. The predicted octanol–water partition coefficient (Wildman–Crippen LogP) is 2.27. The molecule has 0 saturated carbocycles. The van der Waals surface area contributed by atoms with E-state index >= 15 is 0 Å². The van der Waals surface area contributed by atoms with Gasteiger partial charge in [0.15, 0.2) is 0 Å². The number of hydrogen-bond acceptors (Lipinski definition) is 6. The molecule has 16 heavy (non-hydrogen) atoms. The number of methoxy groups -OCH3 is 2. The molecule has 0 bridgehead atoms. The third-order valence-electron chi connectivity index (χ3n) is 1.81. The minimum Gasteiger partial charge on any atom is -0.468 e. The average molecular weight is 266 g/mol. The van der Waals surface area contributed by atoms with E-state index in [-0.39, 0.29) is 11.9 Å². The maximum absolute atomic E-state index is 11.4. The number of ether oxygens (including phenoxy) is 2. The highest BCUT2D eigenvalue weighted by atomic mass is 33.1. The van der Waals surface area contributed by atoms with Gasteiger partial charge in [0.2, 0.25) is 0 Å². The van der Waals surface area contributed by atoms with Crippen molar-refractivity contribution in [3.8, 4) is 0 Å². The van der Waals surface area contributed by atoms with Gasteiger partial charge in [-0.1, -0.05) is 21.6 Å². The Bertz CT molecular complexity index is 246. The average Bonchev–Trinajstić information content (AvgIpc) is 2.24. The Kier molecular flexibility index (Phi) is 5.69. The van der Waals surface area contributed by atoms with Crippen molar-refractivity contribution in [2.75, 3.05) is 14.2 Å². The molecule has 0 fully saturated rings. The fourth-order valence-corrected chi connectivity index (χ4v) is 3.15. The van der Waals surface area contributed by atoms with Crippen LogP contribution in [0.1, 0.15) is 27.7 Å². The molecule has 0 aromatic carbocycles. The summed E-state index contributed by atoms with van der Waals surface area (Å²) in [5, 5.41) is 0. The van der Waals surface area contributed by atoms with Crippen LogP contribution in [0.15, 0.2) is 0 Å². The van der Waals surface area contributed by atoms with Gasteiger partial charge < -0.3 is 9.47 Å². The molecule has 0 rings (SSSR count). The zero-order valence-corrected chi connectivity index (χ0v) is 12.1. The lowest BCUT2D eigenvalue weighted by atomic mass is 10.2. The quantitative estimate of drug-likeness (QED) is 0.562. The van der Waals surface area contributed by atoms with Crippen LogP contribution in [0.3, 0.4) is 0 Å². The number of hydrogen-bond donors (Lipinski definition) is 0. The van der Waals surface area contributed by atoms with Crippen molar-refractivity contribution in [3.05, 3.63) is 0 Å². The van der Waals surface area contributed by atoms with Gasteiger partial charge in [-0.3, -0.25) is 9.59 Å². The summed E-state index contributed by atoms with van der Waals surface area (Å²) in [5.74, 6) is -0.628. The lowest BCUT2D eigenvalue weighted by Crippen LogP contribution is -2.32. The van der Waals surface area contributed by atoms with Crippen LogP contribution in [0.2, 0.25) is 0 Å². The molecule has 4 nitrogen and oxygen atoms in total. The molecule has 0 atom stereocenters. The van der Waals surface area contributed by atoms with Gasteiger partial charge in [0.25, 0.3) is 0 Å². The molecule has 0 N–H and O–H groups in total. The molecule has 0 aliphatic rings. The first-order chi connectivity index (χ1) is 7.17. The first kappa shape index (κ1) is 15.6. The summed E-state index contributed by atoms with van der Waals surface area (Å²) in [5.41, 5.74) is 0. The summed E-state index contributed by atoms with van der Waals surface area (Å²) in [6.45, 7) is 7.02. The Balaban J connectivity index is 4.44. The second kappa shape index (κ2) is 5.82. The van der Waals surface area contributed by atoms with Crippen LogP contribution in [0, 0.1) is 0 Å². The molecule has 0 aliphatic heterocycles. The van der Waals surface area contributed by atoms with Crippen LogP contribution in [-0.2, 0) is 19.1 Å². The molecule has 0 aliphatic carbocycles. The highest BCUT2D eigenvalue weighted by Gasteiger charge is 2.36. The summed E-state index contributed by atoms with van der Waals surface area (Å²) in [6.07, 6.45) is 0. The van der Waals surface area contributed by atoms with Gasteiger partial charge in [0.1, 0.15) is 9.49 Å². The van der Waals surface area contributed by atoms with E-state index in [1.54, 1.807) is 27.7 Å². The summed E-state index contributed by atoms with van der Waals surface area (Å²) in [6, 6.07) is 0. The van der Waals surface area contributed by atoms with Crippen LogP contribution in [-0.4, -0.2) is 35.7 Å². The van der Waals surface area contributed by atoms with Gasteiger partial charge in [0, 0.05) is 0 Å². The summed E-state index contributed by atoms with van der Waals surface area (Å²) >= 11 is 0. The third-order valence-corrected chi connectivity index (χ3v) is 5.81. The molecule has 0 heterocycles. The fourth-order valence-electron chi connectivity index (χ4n) is 0.768. The van der Waals surface area contributed by atoms with E-state index in [9.17, 15) is 9.59 Å². The SMILES string of the molecule is COC(=O)C(C)(C)SSC(C)(C)C(=O)OC. The zero-order valence-electron chi connectivity index (χ0n) is 10.4. The second-order valence-corrected chi connectivity index (χ2v) is 7.55. The van der Waals surface area contributed by atoms with E-state index in [4.69, 9.17) is 0 Å². The Hall–Kier alpha value is -0.360. The molecular formula is C10H18O4S2. The van der Waals surface area contributed by atoms with Crippen molar-refractivity contribution in [1.29, 1.82) is 0 Å². The van der Waals surface area contributed by atoms with E-state index in [2.05, 4.69) is 9.47 Å². The van der Waals surface area contributed by atoms with E-state index < -0.39 is 9.49 Å². The maximum atomic E-state index is 11.4. The maximum Gasteiger partial charge on any atom is 0.322 e. The minimum atomic E-state index is -0.690. The van der Waals surface area contributed by atoms with Gasteiger partial charge >= 0.3 is 11.9 Å². The normalized spacial score (nSPS) is 12.1. The summed E-state index contributed by atoms with van der Waals surface area (Å²) < 4.78 is 7.98. The van der Waals surface area contributed by atoms with Crippen molar-refractivity contribution in [3.63, 3.8) is 0 Å². The van der Waals surface area contributed by atoms with Crippen LogP contribution in [0.5, 0.6) is 0 Å². The molecule has 0 spiro atoms. The highest BCUT2D eigenvalue weighted by molar-refractivity contribution is 8.78. The Morgan fingerprint density at radius 2 is 1.06 bits per heavy atom. The number of carbonyl (C=O) groups excluding carboxylic acids is 2. The van der Waals surface area contributed by atoms with Crippen molar-refractivity contribution >= 4 is 33.5 Å². The third kappa shape index (κ3) is 4.25. The number of carbonyl (C=O) groups is 2. The Morgan fingerprint density at radius 3 is 1.25 bits per heavy atom. The fraction of sp³-hybridized carbons (Fsp3) is 0.800. The first-order valence-electron chi connectivity index (χ1n) is 4.71. The van der Waals surface area contributed by atoms with Crippen LogP contribution < -0.4 is 0 Å². The monoisotopic (exact) mass is 266 g/mol. The number of esters is 2. The van der Waals surface area contributed by atoms with Crippen LogP contribution >= 0.6 is 21.6 Å². The van der Waals surface area contributed by atoms with Crippen LogP contribution in [0.25, 0.3) is 0 Å². The van der Waals surface area contributed by atoms with Gasteiger partial charge in [-0.2, -0.15) is 0 Å². The summed E-state index contributed by atoms with van der Waals surface area (Å²) in [7, 11) is 5.30. The van der Waals surface area contributed by atoms with E-state index in [1.807, 2.05) is 0 Å². The standard InChI is InChI=1S/C10H18O4S2/c1-9(2,7(11)13-5)15-16-10(3,4)8(12)14-6/h1-6H3. The minimum absolute atomic E-state index is 0.314. The second-order valence-electron chi connectivity index (χ2n) is 4.17. The Labute approximate surface area is 104 Å². The smallest absolute Gasteiger partial charge is 0.322 e. The van der Waals surface area contributed by atoms with Crippen molar-refractivity contribution in [1.82, 2.24) is 0 Å². The molecule has 94 valence electrons. The molecule has 0 aromatic heterocycles. The highest BCUT2D eigenvalue weighted by Crippen LogP contribution is 2.44. The van der Waals surface area contributed by atoms with E-state index in [0.717, 1.165) is 0 Å². The van der Waals surface area contributed by atoms with Gasteiger partial charge in [0.05, 0.1) is 14.2 Å². The van der Waals surface area contributed by atoms with Crippen molar-refractivity contribution in [2.24, 2.45) is 0 Å². The zero-order chi connectivity index (χ0) is 13.0. The molecule has 6 heteroatoms. The number of rotatable bonds is 5. The Morgan fingerprint density at radius 1 is 0.812 bits per heavy atom. The molecule has 0 saturated heterocycles. The van der Waals surface area contributed by atoms with Crippen molar-refractivity contribution in [2.45, 2.75) is 37.2 Å². The molecule has 0 unspecified atom stereocenters. The topological polar surface area (TPSA) is 52.6 Å². The van der Waals surface area contributed by atoms with Gasteiger partial charge in [-0.05, 0) is 27.7 Å².